The van der Waals surface area contributed by atoms with Gasteiger partial charge in [-0.15, -0.1) is 0 Å². The number of nitrogens with one attached hydrogen (secondary N) is 11. The molecule has 0 spiro atoms. The minimum Gasteiger partial charge on any atom is -0.481 e. The number of guanidine groups is 2. The Labute approximate surface area is 618 Å². The van der Waals surface area contributed by atoms with Crippen molar-refractivity contribution >= 4 is 107 Å². The molecule has 107 heavy (non-hydrogen) atoms. The van der Waals surface area contributed by atoms with Crippen LogP contribution in [0.5, 0.6) is 0 Å². The quantitative estimate of drug-likeness (QED) is 0.0164. The predicted molar refractivity (Wildman–Crippen MR) is 383 cm³/mol. The van der Waals surface area contributed by atoms with Gasteiger partial charge in [0.05, 0.1) is 25.0 Å². The van der Waals surface area contributed by atoms with Crippen LogP contribution in [0.15, 0.2) is 40.3 Å². The van der Waals surface area contributed by atoms with Crippen LogP contribution in [-0.4, -0.2) is 236 Å². The van der Waals surface area contributed by atoms with Crippen LogP contribution in [0, 0.1) is 17.8 Å². The van der Waals surface area contributed by atoms with Crippen molar-refractivity contribution in [3.63, 3.8) is 0 Å². The van der Waals surface area contributed by atoms with Crippen molar-refractivity contribution in [1.29, 1.82) is 0 Å². The molecule has 29 N–H and O–H groups in total. The fourth-order valence-electron chi connectivity index (χ4n) is 10.3. The molecule has 1 aromatic carbocycles. The number of carboxylic acids is 5. The summed E-state index contributed by atoms with van der Waals surface area (Å²) in [4.78, 5) is 223. The number of aliphatic carboxylic acids is 5. The van der Waals surface area contributed by atoms with Crippen LogP contribution in [0.2, 0.25) is 0 Å². The Kier molecular flexibility index (Phi) is 43.2. The van der Waals surface area contributed by atoms with Gasteiger partial charge < -0.3 is 124 Å². The topological polar surface area (TPSA) is 708 Å². The molecule has 0 heterocycles. The van der Waals surface area contributed by atoms with Gasteiger partial charge in [-0.25, -0.2) is 4.79 Å². The van der Waals surface area contributed by atoms with Crippen molar-refractivity contribution < 1.29 is 107 Å². The number of aliphatic hydroxyl groups is 1. The molecule has 0 aliphatic rings. The normalized spacial score (nSPS) is 15.0. The van der Waals surface area contributed by atoms with Crippen molar-refractivity contribution in [2.75, 3.05) is 19.6 Å². The van der Waals surface area contributed by atoms with Gasteiger partial charge in [0.2, 0.25) is 65.0 Å². The van der Waals surface area contributed by atoms with Crippen molar-refractivity contribution in [3.05, 3.63) is 35.9 Å². The molecule has 0 radical (unpaired) electrons. The van der Waals surface area contributed by atoms with E-state index in [0.29, 0.717) is 12.0 Å². The predicted octanol–water partition coefficient (Wildman–Crippen LogP) is -5.98. The van der Waals surface area contributed by atoms with Crippen molar-refractivity contribution in [3.8, 4) is 0 Å². The van der Waals surface area contributed by atoms with Gasteiger partial charge in [-0.05, 0) is 101 Å². The molecule has 1 rings (SSSR count). The van der Waals surface area contributed by atoms with Crippen molar-refractivity contribution in [2.24, 2.45) is 62.1 Å². The number of carbonyl (C=O) groups excluding carboxylic acids is 11. The van der Waals surface area contributed by atoms with Gasteiger partial charge in [0.25, 0.3) is 0 Å². The second-order valence-electron chi connectivity index (χ2n) is 26.3. The first-order valence-electron chi connectivity index (χ1n) is 34.8. The minimum atomic E-state index is -2.26. The highest BCUT2D eigenvalue weighted by molar-refractivity contribution is 6.01. The Morgan fingerprint density at radius 1 is 0.411 bits per heavy atom. The number of unbranched alkanes of at least 4 members (excludes halogenated alkanes) is 1. The fraction of sp³-hybridized carbons (Fsp3) is 0.636. The van der Waals surface area contributed by atoms with E-state index < -0.39 is 218 Å². The summed E-state index contributed by atoms with van der Waals surface area (Å²) in [6.07, 6.45) is -7.30. The molecule has 0 aromatic heterocycles. The van der Waals surface area contributed by atoms with E-state index in [2.05, 4.69) is 63.2 Å². The maximum atomic E-state index is 14.6. The molecule has 0 fully saturated rings. The monoisotopic (exact) mass is 1520 g/mol. The second kappa shape index (κ2) is 49.0. The molecule has 1 aromatic rings. The van der Waals surface area contributed by atoms with Crippen LogP contribution >= 0.6 is 0 Å². The number of nitrogens with two attached hydrogens (primary N) is 6. The standard InChI is InChI=1S/C66H109N19O22/c1-8-34(6)50(68)61(103)79-41(22-24-47(89)90)57(99)84-51(33(4)5)62(104)82-44(31-49(93)94)60(102)81-43(30-48(91)92)59(101)78-40(21-23-46(87)88)55(97)76-38(19-14-26-73-65(69)70)53(95)75-37(18-12-13-25-67)54(96)80-42(28-32(2)3)58(100)77-39(20-15-27-74-66(71)72)56(98)85-52(35(7)86)63(105)83-45(64(106)107)29-36-16-10-9-11-17-36/h9-11,16-17,32-35,37-45,50-52,86H,8,12-15,18-31,67-68H2,1-7H3,(H,75,95)(H,76,97)(H,77,100)(H,78,101)(H,79,103)(H,80,96)(H,81,102)(H,82,104)(H,83,105)(H,84,99)(H,85,98)(H,87,88)(H,89,90)(H,91,92)(H,93,94)(H,106,107)(H4,69,70,73)(H4,71,72,74)/t34-,35+,37-,38-,39-,40-,41-,42-,43-,44-,45-,50-,51-,52-/m0/s1. The molecule has 41 nitrogen and oxygen atoms in total. The summed E-state index contributed by atoms with van der Waals surface area (Å²) in [6.45, 7) is 10.6. The van der Waals surface area contributed by atoms with Crippen molar-refractivity contribution in [2.45, 2.75) is 230 Å². The third kappa shape index (κ3) is 37.6. The van der Waals surface area contributed by atoms with Crippen LogP contribution in [0.1, 0.15) is 150 Å². The molecule has 0 unspecified atom stereocenters. The number of carbonyl (C=O) groups is 16. The van der Waals surface area contributed by atoms with Crippen LogP contribution in [0.25, 0.3) is 0 Å². The van der Waals surface area contributed by atoms with E-state index >= 15 is 0 Å². The van der Waals surface area contributed by atoms with Gasteiger partial charge in [-0.1, -0.05) is 78.3 Å². The highest BCUT2D eigenvalue weighted by Crippen LogP contribution is 2.15. The summed E-state index contributed by atoms with van der Waals surface area (Å²) in [6, 6.07) is -12.2. The molecule has 41 heteroatoms. The Morgan fingerprint density at radius 2 is 0.757 bits per heavy atom. The zero-order valence-corrected chi connectivity index (χ0v) is 61.1. The average Bonchev–Trinajstić information content (AvgIpc) is 0.854. The largest absolute Gasteiger partial charge is 0.481 e. The molecular formula is C66H109N19O22. The number of carboxylic acid groups (broad SMARTS) is 5. The van der Waals surface area contributed by atoms with E-state index in [9.17, 15) is 107 Å². The maximum Gasteiger partial charge on any atom is 0.326 e. The maximum absolute atomic E-state index is 14.6. The van der Waals surface area contributed by atoms with E-state index in [1.807, 2.05) is 5.32 Å². The number of nitrogens with zero attached hydrogens (tertiary/aromatic N) is 2. The third-order valence-electron chi connectivity index (χ3n) is 16.4. The molecule has 0 saturated heterocycles. The number of amides is 11. The summed E-state index contributed by atoms with van der Waals surface area (Å²) < 4.78 is 0. The molecule has 0 bridgehead atoms. The summed E-state index contributed by atoms with van der Waals surface area (Å²) in [5, 5.41) is 85.5. The number of hydrogen-bond acceptors (Lipinski definition) is 21. The third-order valence-corrected chi connectivity index (χ3v) is 16.4. The van der Waals surface area contributed by atoms with Crippen LogP contribution in [-0.2, 0) is 83.1 Å². The van der Waals surface area contributed by atoms with Gasteiger partial charge in [0.15, 0.2) is 11.9 Å². The number of hydrogen-bond donors (Lipinski definition) is 23. The number of aliphatic hydroxyl groups excluding tert-OH is 1. The van der Waals surface area contributed by atoms with E-state index in [-0.39, 0.29) is 101 Å². The van der Waals surface area contributed by atoms with E-state index in [1.165, 1.54) is 13.8 Å². The lowest BCUT2D eigenvalue weighted by molar-refractivity contribution is -0.144. The summed E-state index contributed by atoms with van der Waals surface area (Å²) in [7, 11) is 0. The number of aliphatic imine (C=N–C) groups is 2. The van der Waals surface area contributed by atoms with Crippen LogP contribution < -0.4 is 92.9 Å². The zero-order chi connectivity index (χ0) is 81.4. The smallest absolute Gasteiger partial charge is 0.326 e. The Hall–Kier alpha value is -10.8. The fourth-order valence-corrected chi connectivity index (χ4v) is 10.3. The SMILES string of the molecule is CC[C@H](C)[C@H](N)C(=O)N[C@@H](CCC(=O)O)C(=O)N[C@H](C(=O)N[C@@H](CC(=O)O)C(=O)N[C@@H](CC(=O)O)C(=O)N[C@@H](CCC(=O)O)C(=O)N[C@@H](CCCN=C(N)N)C(=O)N[C@@H](CCCCN)C(=O)N[C@@H](CC(C)C)C(=O)N[C@@H](CCCN=C(N)N)C(=O)N[C@H](C(=O)N[C@@H](Cc1ccccc1)C(=O)O)[C@@H](C)O)C(C)C. The van der Waals surface area contributed by atoms with Gasteiger partial charge in [0, 0.05) is 32.4 Å². The van der Waals surface area contributed by atoms with E-state index in [1.54, 1.807) is 58.0 Å². The van der Waals surface area contributed by atoms with Crippen LogP contribution in [0.3, 0.4) is 0 Å². The molecule has 11 amide bonds. The summed E-state index contributed by atoms with van der Waals surface area (Å²) >= 11 is 0. The summed E-state index contributed by atoms with van der Waals surface area (Å²) in [5.74, 6) is -22.9. The van der Waals surface area contributed by atoms with Gasteiger partial charge >= 0.3 is 29.8 Å². The molecular weight excluding hydrogens is 1410 g/mol. The number of rotatable bonds is 53. The highest BCUT2D eigenvalue weighted by atomic mass is 16.4. The van der Waals surface area contributed by atoms with E-state index in [0.717, 1.165) is 6.92 Å². The molecule has 600 valence electrons. The van der Waals surface area contributed by atoms with Gasteiger partial charge in [-0.2, -0.15) is 0 Å². The molecule has 0 saturated carbocycles. The van der Waals surface area contributed by atoms with Crippen molar-refractivity contribution in [1.82, 2.24) is 58.5 Å². The van der Waals surface area contributed by atoms with Crippen LogP contribution in [0.4, 0.5) is 0 Å². The zero-order valence-electron chi connectivity index (χ0n) is 61.1. The van der Waals surface area contributed by atoms with E-state index in [4.69, 9.17) is 34.4 Å². The lowest BCUT2D eigenvalue weighted by Crippen LogP contribution is -2.61. The average molecular weight is 1520 g/mol. The lowest BCUT2D eigenvalue weighted by Gasteiger charge is -2.29. The number of benzene rings is 1. The van der Waals surface area contributed by atoms with Gasteiger partial charge in [-0.3, -0.25) is 81.9 Å². The Bertz CT molecular complexity index is 3240. The second-order valence-corrected chi connectivity index (χ2v) is 26.3. The summed E-state index contributed by atoms with van der Waals surface area (Å²) in [5.41, 5.74) is 34.4. The Morgan fingerprint density at radius 3 is 1.13 bits per heavy atom. The molecule has 14 atom stereocenters. The molecule has 0 aliphatic carbocycles. The first kappa shape index (κ1) is 94.2. The Balaban J connectivity index is 3.79. The van der Waals surface area contributed by atoms with Gasteiger partial charge in [0.1, 0.15) is 66.5 Å². The first-order valence-corrected chi connectivity index (χ1v) is 34.8. The highest BCUT2D eigenvalue weighted by Gasteiger charge is 2.39. The minimum absolute atomic E-state index is 0.0189. The first-order chi connectivity index (χ1) is 50.1. The lowest BCUT2D eigenvalue weighted by atomic mass is 9.98. The molecule has 0 aliphatic heterocycles.